The second kappa shape index (κ2) is 8.01. The summed E-state index contributed by atoms with van der Waals surface area (Å²) >= 11 is 0. The maximum absolute atomic E-state index is 11.7. The number of hydrogen-bond acceptors (Lipinski definition) is 4. The normalized spacial score (nSPS) is 18.9. The molecular formula is C14H24N4O2. The number of carbonyl (C=O) groups excluding carboxylic acids is 1. The van der Waals surface area contributed by atoms with Gasteiger partial charge in [0.2, 0.25) is 5.91 Å². The molecule has 1 unspecified atom stereocenters. The molecule has 0 spiro atoms. The molecule has 1 aliphatic heterocycles. The Morgan fingerprint density at radius 2 is 2.50 bits per heavy atom. The van der Waals surface area contributed by atoms with E-state index >= 15 is 0 Å². The van der Waals surface area contributed by atoms with Crippen molar-refractivity contribution in [2.24, 2.45) is 0 Å². The Hall–Kier alpha value is -1.40. The number of ether oxygens (including phenoxy) is 1. The molecule has 6 heteroatoms. The van der Waals surface area contributed by atoms with Crippen LogP contribution in [0.2, 0.25) is 0 Å². The number of nitrogens with zero attached hydrogens (tertiary/aromatic N) is 2. The van der Waals surface area contributed by atoms with Gasteiger partial charge in [0.05, 0.1) is 18.6 Å². The fourth-order valence-electron chi connectivity index (χ4n) is 2.52. The van der Waals surface area contributed by atoms with Crippen molar-refractivity contribution < 1.29 is 9.53 Å². The van der Waals surface area contributed by atoms with Crippen molar-refractivity contribution in [3.63, 3.8) is 0 Å². The molecule has 1 aromatic rings. The van der Waals surface area contributed by atoms with Crippen LogP contribution in [-0.2, 0) is 16.1 Å². The first-order valence-corrected chi connectivity index (χ1v) is 7.30. The Morgan fingerprint density at radius 3 is 3.25 bits per heavy atom. The lowest BCUT2D eigenvalue weighted by molar-refractivity contribution is -0.121. The van der Waals surface area contributed by atoms with E-state index in [4.69, 9.17) is 4.74 Å². The molecule has 1 atom stereocenters. The lowest BCUT2D eigenvalue weighted by Gasteiger charge is -2.24. The summed E-state index contributed by atoms with van der Waals surface area (Å²) in [5.74, 6) is 0.0540. The van der Waals surface area contributed by atoms with Crippen LogP contribution >= 0.6 is 0 Å². The molecule has 0 radical (unpaired) electrons. The van der Waals surface area contributed by atoms with Crippen molar-refractivity contribution in [3.8, 4) is 0 Å². The Labute approximate surface area is 119 Å². The summed E-state index contributed by atoms with van der Waals surface area (Å²) in [6, 6.07) is 0.378. The topological polar surface area (TPSA) is 68.2 Å². The summed E-state index contributed by atoms with van der Waals surface area (Å²) in [5, 5.41) is 6.35. The van der Waals surface area contributed by atoms with Crippen LogP contribution in [0.5, 0.6) is 0 Å². The fourth-order valence-corrected chi connectivity index (χ4v) is 2.52. The van der Waals surface area contributed by atoms with E-state index < -0.39 is 0 Å². The number of methoxy groups -OCH3 is 1. The van der Waals surface area contributed by atoms with Gasteiger partial charge in [-0.15, -0.1) is 0 Å². The van der Waals surface area contributed by atoms with Crippen LogP contribution in [0.15, 0.2) is 12.5 Å². The van der Waals surface area contributed by atoms with Gasteiger partial charge in [0, 0.05) is 38.9 Å². The van der Waals surface area contributed by atoms with Crippen LogP contribution < -0.4 is 10.6 Å². The summed E-state index contributed by atoms with van der Waals surface area (Å²) in [5.41, 5.74) is 1.19. The molecule has 0 aliphatic carbocycles. The number of carbonyl (C=O) groups is 1. The van der Waals surface area contributed by atoms with Crippen LogP contribution in [0.1, 0.15) is 37.4 Å². The monoisotopic (exact) mass is 280 g/mol. The Morgan fingerprint density at radius 1 is 1.60 bits per heavy atom. The summed E-state index contributed by atoms with van der Waals surface area (Å²) in [7, 11) is 1.63. The molecule has 20 heavy (non-hydrogen) atoms. The van der Waals surface area contributed by atoms with Crippen LogP contribution in [0.25, 0.3) is 0 Å². The molecule has 2 N–H and O–H groups in total. The van der Waals surface area contributed by atoms with Crippen molar-refractivity contribution in [2.75, 3.05) is 26.8 Å². The van der Waals surface area contributed by atoms with Crippen molar-refractivity contribution in [3.05, 3.63) is 18.2 Å². The van der Waals surface area contributed by atoms with E-state index in [-0.39, 0.29) is 5.91 Å². The van der Waals surface area contributed by atoms with Crippen molar-refractivity contribution in [1.82, 2.24) is 20.2 Å². The highest BCUT2D eigenvalue weighted by atomic mass is 16.5. The van der Waals surface area contributed by atoms with Gasteiger partial charge in [0.25, 0.3) is 0 Å². The van der Waals surface area contributed by atoms with E-state index in [0.29, 0.717) is 32.2 Å². The molecule has 0 saturated carbocycles. The quantitative estimate of drug-likeness (QED) is 0.727. The number of rotatable bonds is 7. The molecule has 0 aromatic carbocycles. The van der Waals surface area contributed by atoms with Crippen LogP contribution in [0, 0.1) is 0 Å². The predicted molar refractivity (Wildman–Crippen MR) is 76.3 cm³/mol. The van der Waals surface area contributed by atoms with Gasteiger partial charge in [-0.25, -0.2) is 4.98 Å². The average Bonchev–Trinajstić information content (AvgIpc) is 2.95. The lowest BCUT2D eigenvalue weighted by Crippen LogP contribution is -2.30. The maximum atomic E-state index is 11.7. The minimum absolute atomic E-state index is 0.0540. The van der Waals surface area contributed by atoms with E-state index in [1.165, 1.54) is 18.5 Å². The highest BCUT2D eigenvalue weighted by molar-refractivity contribution is 5.75. The van der Waals surface area contributed by atoms with Gasteiger partial charge in [-0.2, -0.15) is 0 Å². The standard InChI is InChI=1S/C14H24N4O2/c1-20-9-7-17-14(19)5-8-18-11-15-10-13(18)12-4-2-3-6-16-12/h10-12,16H,2-9H2,1H3,(H,17,19). The van der Waals surface area contributed by atoms with E-state index in [1.54, 1.807) is 7.11 Å². The number of hydrogen-bond donors (Lipinski definition) is 2. The third-order valence-corrected chi connectivity index (χ3v) is 3.62. The van der Waals surface area contributed by atoms with Crippen molar-refractivity contribution in [2.45, 2.75) is 38.3 Å². The second-order valence-electron chi connectivity index (χ2n) is 5.11. The highest BCUT2D eigenvalue weighted by Gasteiger charge is 2.18. The highest BCUT2D eigenvalue weighted by Crippen LogP contribution is 2.22. The number of imidazole rings is 1. The summed E-state index contributed by atoms with van der Waals surface area (Å²) in [4.78, 5) is 15.9. The fraction of sp³-hybridized carbons (Fsp3) is 0.714. The maximum Gasteiger partial charge on any atom is 0.221 e. The van der Waals surface area contributed by atoms with Gasteiger partial charge in [-0.05, 0) is 19.4 Å². The minimum Gasteiger partial charge on any atom is -0.383 e. The Bertz CT molecular complexity index is 413. The summed E-state index contributed by atoms with van der Waals surface area (Å²) in [6.07, 6.45) is 7.83. The lowest BCUT2D eigenvalue weighted by atomic mass is 10.0. The van der Waals surface area contributed by atoms with Crippen LogP contribution in [0.3, 0.4) is 0 Å². The summed E-state index contributed by atoms with van der Waals surface area (Å²) < 4.78 is 6.99. The van der Waals surface area contributed by atoms with E-state index in [2.05, 4.69) is 20.2 Å². The Kier molecular flexibility index (Phi) is 6.01. The number of aromatic nitrogens is 2. The smallest absolute Gasteiger partial charge is 0.221 e. The SMILES string of the molecule is COCCNC(=O)CCn1cncc1C1CCCCN1. The van der Waals surface area contributed by atoms with Gasteiger partial charge in [0.15, 0.2) is 0 Å². The zero-order chi connectivity index (χ0) is 14.2. The molecule has 112 valence electrons. The number of amides is 1. The van der Waals surface area contributed by atoms with Gasteiger partial charge >= 0.3 is 0 Å². The van der Waals surface area contributed by atoms with E-state index in [0.717, 1.165) is 13.0 Å². The first-order chi connectivity index (χ1) is 9.81. The van der Waals surface area contributed by atoms with Gasteiger partial charge < -0.3 is 19.9 Å². The van der Waals surface area contributed by atoms with Gasteiger partial charge in [-0.1, -0.05) is 6.42 Å². The molecule has 2 heterocycles. The van der Waals surface area contributed by atoms with E-state index in [9.17, 15) is 4.79 Å². The number of piperidine rings is 1. The van der Waals surface area contributed by atoms with Crippen LogP contribution in [-0.4, -0.2) is 42.3 Å². The van der Waals surface area contributed by atoms with E-state index in [1.807, 2.05) is 12.5 Å². The average molecular weight is 280 g/mol. The van der Waals surface area contributed by atoms with Gasteiger partial charge in [-0.3, -0.25) is 4.79 Å². The molecule has 6 nitrogen and oxygen atoms in total. The zero-order valence-electron chi connectivity index (χ0n) is 12.1. The van der Waals surface area contributed by atoms with Crippen molar-refractivity contribution >= 4 is 5.91 Å². The molecule has 1 aliphatic rings. The molecule has 1 fully saturated rings. The zero-order valence-corrected chi connectivity index (χ0v) is 12.1. The molecule has 1 amide bonds. The molecule has 1 aromatic heterocycles. The molecule has 2 rings (SSSR count). The third kappa shape index (κ3) is 4.31. The predicted octanol–water partition coefficient (Wildman–Crippen LogP) is 0.850. The second-order valence-corrected chi connectivity index (χ2v) is 5.11. The van der Waals surface area contributed by atoms with Crippen LogP contribution in [0.4, 0.5) is 0 Å². The number of nitrogens with one attached hydrogen (secondary N) is 2. The number of aryl methyl sites for hydroxylation is 1. The Balaban J connectivity index is 1.81. The molecule has 0 bridgehead atoms. The molecule has 1 saturated heterocycles. The van der Waals surface area contributed by atoms with Crippen molar-refractivity contribution in [1.29, 1.82) is 0 Å². The largest absolute Gasteiger partial charge is 0.383 e. The third-order valence-electron chi connectivity index (χ3n) is 3.62. The first-order valence-electron chi connectivity index (χ1n) is 7.30. The van der Waals surface area contributed by atoms with Gasteiger partial charge in [0.1, 0.15) is 0 Å². The minimum atomic E-state index is 0.0540. The summed E-state index contributed by atoms with van der Waals surface area (Å²) in [6.45, 7) is 2.85. The first kappa shape index (κ1) is 15.0. The molecular weight excluding hydrogens is 256 g/mol.